The predicted octanol–water partition coefficient (Wildman–Crippen LogP) is 4.92. The van der Waals surface area contributed by atoms with Gasteiger partial charge in [0.05, 0.1) is 12.5 Å². The van der Waals surface area contributed by atoms with Gasteiger partial charge in [-0.2, -0.15) is 5.26 Å². The number of hydrogen-bond acceptors (Lipinski definition) is 7. The molecule has 0 saturated carbocycles. The number of nitrogens with two attached hydrogens (primary N) is 1. The number of hydrogen-bond donors (Lipinski definition) is 1. The largest absolute Gasteiger partial charge is 0.490 e. The van der Waals surface area contributed by atoms with Crippen molar-refractivity contribution in [2.24, 2.45) is 5.73 Å². The number of rotatable bonds is 6. The van der Waals surface area contributed by atoms with Crippen LogP contribution in [0.5, 0.6) is 28.7 Å². The minimum atomic E-state index is -0.450. The average Bonchev–Trinajstić information content (AvgIpc) is 3.29. The van der Waals surface area contributed by atoms with E-state index in [0.29, 0.717) is 47.5 Å². The molecule has 3 aromatic carbocycles. The first kappa shape index (κ1) is 21.5. The van der Waals surface area contributed by atoms with Crippen LogP contribution in [0.3, 0.4) is 0 Å². The maximum absolute atomic E-state index is 9.89. The number of nitriles is 1. The van der Waals surface area contributed by atoms with Crippen molar-refractivity contribution in [1.82, 2.24) is 0 Å². The van der Waals surface area contributed by atoms with Gasteiger partial charge >= 0.3 is 0 Å². The zero-order chi connectivity index (χ0) is 23.7. The molecule has 34 heavy (non-hydrogen) atoms. The molecule has 172 valence electrons. The lowest BCUT2D eigenvalue weighted by atomic mass is 9.83. The van der Waals surface area contributed by atoms with Gasteiger partial charge in [0.2, 0.25) is 12.7 Å². The van der Waals surface area contributed by atoms with Gasteiger partial charge in [0.1, 0.15) is 24.0 Å². The Morgan fingerprint density at radius 2 is 1.74 bits per heavy atom. The van der Waals surface area contributed by atoms with Gasteiger partial charge in [-0.3, -0.25) is 0 Å². The summed E-state index contributed by atoms with van der Waals surface area (Å²) in [5.74, 6) is 2.55. The number of ether oxygens (including phenoxy) is 5. The summed E-state index contributed by atoms with van der Waals surface area (Å²) in [6, 6.07) is 19.7. The van der Waals surface area contributed by atoms with Gasteiger partial charge in [-0.25, -0.2) is 0 Å². The summed E-state index contributed by atoms with van der Waals surface area (Å²) in [7, 11) is 0. The molecule has 2 aliphatic heterocycles. The van der Waals surface area contributed by atoms with Crippen LogP contribution in [0.15, 0.2) is 66.1 Å². The summed E-state index contributed by atoms with van der Waals surface area (Å²) < 4.78 is 28.8. The van der Waals surface area contributed by atoms with Crippen LogP contribution in [-0.2, 0) is 6.61 Å². The Balaban J connectivity index is 1.52. The smallest absolute Gasteiger partial charge is 0.231 e. The fraction of sp³-hybridized carbons (Fsp3) is 0.222. The molecule has 2 aliphatic rings. The topological polar surface area (TPSA) is 96.0 Å². The van der Waals surface area contributed by atoms with E-state index in [1.807, 2.05) is 43.3 Å². The third-order valence-electron chi connectivity index (χ3n) is 5.83. The Bertz CT molecular complexity index is 1310. The zero-order valence-electron chi connectivity index (χ0n) is 19.0. The summed E-state index contributed by atoms with van der Waals surface area (Å²) in [6.07, 6.45) is 0. The van der Waals surface area contributed by atoms with Crippen molar-refractivity contribution >= 4 is 0 Å². The molecule has 0 saturated heterocycles. The van der Waals surface area contributed by atoms with Crippen LogP contribution in [0.25, 0.3) is 0 Å². The minimum absolute atomic E-state index is 0.0662. The van der Waals surface area contributed by atoms with Crippen LogP contribution in [-0.4, -0.2) is 13.4 Å². The van der Waals surface area contributed by atoms with E-state index in [2.05, 4.69) is 25.1 Å². The SMILES string of the molecule is CCOc1cc(C2C(C#N)=C(N)Oc3cc4c(cc32)OCO4)ccc1OCc1ccc(C)cc1. The lowest BCUT2D eigenvalue weighted by Gasteiger charge is -2.27. The van der Waals surface area contributed by atoms with Crippen molar-refractivity contribution in [3.8, 4) is 34.8 Å². The molecule has 3 aromatic rings. The first-order valence-corrected chi connectivity index (χ1v) is 11.0. The van der Waals surface area contributed by atoms with Gasteiger partial charge < -0.3 is 29.4 Å². The Morgan fingerprint density at radius 3 is 2.47 bits per heavy atom. The maximum Gasteiger partial charge on any atom is 0.231 e. The molecule has 0 radical (unpaired) electrons. The number of fused-ring (bicyclic) bond motifs is 2. The summed E-state index contributed by atoms with van der Waals surface area (Å²) in [5, 5.41) is 9.89. The second-order valence-electron chi connectivity index (χ2n) is 8.08. The van der Waals surface area contributed by atoms with Gasteiger partial charge in [-0.05, 0) is 43.2 Å². The molecule has 0 fully saturated rings. The quantitative estimate of drug-likeness (QED) is 0.562. The lowest BCUT2D eigenvalue weighted by Crippen LogP contribution is -2.21. The predicted molar refractivity (Wildman–Crippen MR) is 125 cm³/mol. The minimum Gasteiger partial charge on any atom is -0.490 e. The van der Waals surface area contributed by atoms with Gasteiger partial charge in [0, 0.05) is 11.6 Å². The molecular formula is C27H24N2O5. The van der Waals surface area contributed by atoms with E-state index < -0.39 is 5.92 Å². The molecule has 1 unspecified atom stereocenters. The van der Waals surface area contributed by atoms with Crippen LogP contribution < -0.4 is 29.4 Å². The van der Waals surface area contributed by atoms with Crippen molar-refractivity contribution in [2.45, 2.75) is 26.4 Å². The average molecular weight is 456 g/mol. The van der Waals surface area contributed by atoms with Crippen LogP contribution in [0.1, 0.15) is 35.1 Å². The fourth-order valence-electron chi connectivity index (χ4n) is 4.13. The summed E-state index contributed by atoms with van der Waals surface area (Å²) in [6.45, 7) is 4.99. The summed E-state index contributed by atoms with van der Waals surface area (Å²) in [4.78, 5) is 0. The highest BCUT2D eigenvalue weighted by atomic mass is 16.7. The number of benzene rings is 3. The van der Waals surface area contributed by atoms with Crippen molar-refractivity contribution < 1.29 is 23.7 Å². The van der Waals surface area contributed by atoms with Gasteiger partial charge in [-0.15, -0.1) is 0 Å². The number of aryl methyl sites for hydroxylation is 1. The van der Waals surface area contributed by atoms with E-state index in [0.717, 1.165) is 16.7 Å². The van der Waals surface area contributed by atoms with Crippen LogP contribution in [0.4, 0.5) is 0 Å². The highest BCUT2D eigenvalue weighted by Gasteiger charge is 2.33. The zero-order valence-corrected chi connectivity index (χ0v) is 19.0. The second-order valence-corrected chi connectivity index (χ2v) is 8.08. The molecule has 2 heterocycles. The molecule has 0 aliphatic carbocycles. The van der Waals surface area contributed by atoms with Crippen LogP contribution in [0.2, 0.25) is 0 Å². The maximum atomic E-state index is 9.89. The van der Waals surface area contributed by atoms with Crippen molar-refractivity contribution in [1.29, 1.82) is 5.26 Å². The summed E-state index contributed by atoms with van der Waals surface area (Å²) in [5.41, 5.74) is 10.3. The van der Waals surface area contributed by atoms with E-state index in [1.54, 1.807) is 6.07 Å². The molecular weight excluding hydrogens is 432 g/mol. The number of nitrogens with zero attached hydrogens (tertiary/aromatic N) is 1. The molecule has 7 heteroatoms. The molecule has 0 bridgehead atoms. The molecule has 0 amide bonds. The molecule has 0 aromatic heterocycles. The summed E-state index contributed by atoms with van der Waals surface area (Å²) >= 11 is 0. The first-order valence-electron chi connectivity index (χ1n) is 11.0. The third-order valence-corrected chi connectivity index (χ3v) is 5.83. The monoisotopic (exact) mass is 456 g/mol. The van der Waals surface area contributed by atoms with Gasteiger partial charge in [-0.1, -0.05) is 35.9 Å². The highest BCUT2D eigenvalue weighted by Crippen LogP contribution is 2.48. The van der Waals surface area contributed by atoms with E-state index in [4.69, 9.17) is 29.4 Å². The molecule has 5 rings (SSSR count). The van der Waals surface area contributed by atoms with Crippen molar-refractivity contribution in [2.75, 3.05) is 13.4 Å². The molecule has 1 atom stereocenters. The van der Waals surface area contributed by atoms with E-state index in [1.165, 1.54) is 5.56 Å². The second kappa shape index (κ2) is 8.91. The Labute approximate surface area is 197 Å². The van der Waals surface area contributed by atoms with Crippen molar-refractivity contribution in [3.05, 3.63) is 88.3 Å². The first-order chi connectivity index (χ1) is 16.6. The third kappa shape index (κ3) is 3.95. The standard InChI is InChI=1S/C27H24N2O5/c1-3-30-23-10-18(8-9-21(23)31-14-17-6-4-16(2)5-7-17)26-19-11-24-25(33-15-32-24)12-22(19)34-27(29)20(26)13-28/h4-12,26H,3,14-15,29H2,1-2H3. The fourth-order valence-corrected chi connectivity index (χ4v) is 4.13. The van der Waals surface area contributed by atoms with Gasteiger partial charge in [0.25, 0.3) is 0 Å². The van der Waals surface area contributed by atoms with Crippen LogP contribution in [0, 0.1) is 18.3 Å². The molecule has 7 nitrogen and oxygen atoms in total. The van der Waals surface area contributed by atoms with Crippen LogP contribution >= 0.6 is 0 Å². The van der Waals surface area contributed by atoms with Gasteiger partial charge in [0.15, 0.2) is 23.0 Å². The van der Waals surface area contributed by atoms with E-state index >= 15 is 0 Å². The molecule has 0 spiro atoms. The Hall–Kier alpha value is -4.31. The Morgan fingerprint density at radius 1 is 0.971 bits per heavy atom. The lowest BCUT2D eigenvalue weighted by molar-refractivity contribution is 0.174. The number of allylic oxidation sites excluding steroid dienone is 1. The van der Waals surface area contributed by atoms with E-state index in [9.17, 15) is 5.26 Å². The normalized spacial score (nSPS) is 15.9. The van der Waals surface area contributed by atoms with E-state index in [-0.39, 0.29) is 12.7 Å². The highest BCUT2D eigenvalue weighted by molar-refractivity contribution is 5.62. The molecule has 2 N–H and O–H groups in total. The van der Waals surface area contributed by atoms with Crippen molar-refractivity contribution in [3.63, 3.8) is 0 Å². The Kier molecular flexibility index (Phi) is 5.64.